The Kier molecular flexibility index (Phi) is 2.80. The molecule has 1 aliphatic heterocycles. The predicted molar refractivity (Wildman–Crippen MR) is 61.8 cm³/mol. The second kappa shape index (κ2) is 3.94. The van der Waals surface area contributed by atoms with Gasteiger partial charge in [0.25, 0.3) is 0 Å². The van der Waals surface area contributed by atoms with E-state index in [4.69, 9.17) is 5.73 Å². The van der Waals surface area contributed by atoms with E-state index >= 15 is 0 Å². The molecule has 0 spiro atoms. The Labute approximate surface area is 93.9 Å². The molecule has 0 bridgehead atoms. The summed E-state index contributed by atoms with van der Waals surface area (Å²) in [6, 6.07) is 4.23. The molecule has 1 aromatic rings. The minimum absolute atomic E-state index is 0.0458. The summed E-state index contributed by atoms with van der Waals surface area (Å²) < 4.78 is 0. The van der Waals surface area contributed by atoms with Crippen LogP contribution in [0.1, 0.15) is 29.1 Å². The van der Waals surface area contributed by atoms with Crippen molar-refractivity contribution in [3.63, 3.8) is 0 Å². The number of rotatable bonds is 2. The average molecular weight is 224 g/mol. The largest absolute Gasteiger partial charge is 0.333 e. The van der Waals surface area contributed by atoms with Gasteiger partial charge < -0.3 is 10.6 Å². The van der Waals surface area contributed by atoms with E-state index in [-0.39, 0.29) is 18.0 Å². The van der Waals surface area contributed by atoms with Gasteiger partial charge in [-0.3, -0.25) is 4.79 Å². The molecule has 3 nitrogen and oxygen atoms in total. The molecule has 2 heterocycles. The third-order valence-corrected chi connectivity index (χ3v) is 3.94. The number of carbonyl (C=O) groups is 1. The monoisotopic (exact) mass is 224 g/mol. The van der Waals surface area contributed by atoms with Crippen molar-refractivity contribution < 1.29 is 4.79 Å². The standard InChI is InChI=1S/C11H16N2OS/c1-3-13-10(14)6-8(12)11(13)9-5-4-7(2)15-9/h4-5,8,11H,3,6,12H2,1-2H3. The van der Waals surface area contributed by atoms with Gasteiger partial charge >= 0.3 is 0 Å². The Morgan fingerprint density at radius 1 is 1.60 bits per heavy atom. The lowest BCUT2D eigenvalue weighted by Crippen LogP contribution is -2.32. The van der Waals surface area contributed by atoms with Crippen LogP contribution in [0.15, 0.2) is 12.1 Å². The van der Waals surface area contributed by atoms with Crippen molar-refractivity contribution >= 4 is 17.2 Å². The summed E-state index contributed by atoms with van der Waals surface area (Å²) in [5.41, 5.74) is 6.02. The second-order valence-electron chi connectivity index (χ2n) is 3.94. The Balaban J connectivity index is 2.30. The number of amides is 1. The van der Waals surface area contributed by atoms with Crippen molar-refractivity contribution in [2.24, 2.45) is 5.73 Å². The van der Waals surface area contributed by atoms with Gasteiger partial charge in [-0.15, -0.1) is 11.3 Å². The summed E-state index contributed by atoms with van der Waals surface area (Å²) in [4.78, 5) is 16.0. The minimum Gasteiger partial charge on any atom is -0.333 e. The number of nitrogens with two attached hydrogens (primary N) is 1. The molecule has 1 aromatic heterocycles. The zero-order chi connectivity index (χ0) is 11.0. The van der Waals surface area contributed by atoms with Gasteiger partial charge in [0.05, 0.1) is 6.04 Å². The fourth-order valence-corrected chi connectivity index (χ4v) is 3.23. The summed E-state index contributed by atoms with van der Waals surface area (Å²) in [6.45, 7) is 4.82. The molecule has 1 amide bonds. The van der Waals surface area contributed by atoms with Crippen LogP contribution in [0.25, 0.3) is 0 Å². The van der Waals surface area contributed by atoms with Gasteiger partial charge in [0.2, 0.25) is 5.91 Å². The highest BCUT2D eigenvalue weighted by molar-refractivity contribution is 7.12. The lowest BCUT2D eigenvalue weighted by molar-refractivity contribution is -0.128. The number of likely N-dealkylation sites (tertiary alicyclic amines) is 1. The van der Waals surface area contributed by atoms with Crippen LogP contribution in [0.2, 0.25) is 0 Å². The molecular weight excluding hydrogens is 208 g/mol. The molecule has 1 fully saturated rings. The summed E-state index contributed by atoms with van der Waals surface area (Å²) in [6.07, 6.45) is 0.482. The van der Waals surface area contributed by atoms with Gasteiger partial charge in [-0.2, -0.15) is 0 Å². The molecular formula is C11H16N2OS. The van der Waals surface area contributed by atoms with Crippen LogP contribution in [0.5, 0.6) is 0 Å². The van der Waals surface area contributed by atoms with Crippen LogP contribution in [-0.4, -0.2) is 23.4 Å². The number of thiophene rings is 1. The van der Waals surface area contributed by atoms with E-state index in [1.807, 2.05) is 11.8 Å². The lowest BCUT2D eigenvalue weighted by Gasteiger charge is -2.24. The Morgan fingerprint density at radius 3 is 2.87 bits per heavy atom. The Hall–Kier alpha value is -0.870. The SMILES string of the molecule is CCN1C(=O)CC(N)C1c1ccc(C)s1. The molecule has 0 aromatic carbocycles. The zero-order valence-electron chi connectivity index (χ0n) is 9.06. The summed E-state index contributed by atoms with van der Waals surface area (Å²) in [5, 5.41) is 0. The summed E-state index contributed by atoms with van der Waals surface area (Å²) in [7, 11) is 0. The van der Waals surface area contributed by atoms with Crippen LogP contribution >= 0.6 is 11.3 Å². The Morgan fingerprint density at radius 2 is 2.33 bits per heavy atom. The zero-order valence-corrected chi connectivity index (χ0v) is 9.88. The van der Waals surface area contributed by atoms with E-state index in [0.717, 1.165) is 6.54 Å². The predicted octanol–water partition coefficient (Wildman–Crippen LogP) is 1.68. The smallest absolute Gasteiger partial charge is 0.224 e. The quantitative estimate of drug-likeness (QED) is 0.830. The van der Waals surface area contributed by atoms with E-state index in [1.165, 1.54) is 9.75 Å². The molecule has 0 aliphatic carbocycles. The highest BCUT2D eigenvalue weighted by Crippen LogP contribution is 2.35. The third kappa shape index (κ3) is 1.79. The average Bonchev–Trinajstić information content (AvgIpc) is 2.70. The third-order valence-electron chi connectivity index (χ3n) is 2.87. The molecule has 2 atom stereocenters. The van der Waals surface area contributed by atoms with E-state index in [1.54, 1.807) is 11.3 Å². The first-order valence-electron chi connectivity index (χ1n) is 5.25. The van der Waals surface area contributed by atoms with Gasteiger partial charge in [-0.25, -0.2) is 0 Å². The first kappa shape index (κ1) is 10.6. The normalized spacial score (nSPS) is 26.3. The van der Waals surface area contributed by atoms with Crippen molar-refractivity contribution in [2.45, 2.75) is 32.4 Å². The highest BCUT2D eigenvalue weighted by atomic mass is 32.1. The Bertz CT molecular complexity index is 374. The van der Waals surface area contributed by atoms with E-state index in [2.05, 4.69) is 19.1 Å². The van der Waals surface area contributed by atoms with Crippen LogP contribution in [0.4, 0.5) is 0 Å². The van der Waals surface area contributed by atoms with E-state index in [9.17, 15) is 4.79 Å². The van der Waals surface area contributed by atoms with Crippen molar-refractivity contribution in [2.75, 3.05) is 6.54 Å². The van der Waals surface area contributed by atoms with Crippen molar-refractivity contribution in [3.05, 3.63) is 21.9 Å². The van der Waals surface area contributed by atoms with Gasteiger partial charge in [0.15, 0.2) is 0 Å². The summed E-state index contributed by atoms with van der Waals surface area (Å²) in [5.74, 6) is 0.182. The molecule has 82 valence electrons. The second-order valence-corrected chi connectivity index (χ2v) is 5.26. The van der Waals surface area contributed by atoms with Crippen molar-refractivity contribution in [3.8, 4) is 0 Å². The molecule has 15 heavy (non-hydrogen) atoms. The first-order valence-corrected chi connectivity index (χ1v) is 6.06. The molecule has 1 saturated heterocycles. The topological polar surface area (TPSA) is 46.3 Å². The number of carbonyl (C=O) groups excluding carboxylic acids is 1. The van der Waals surface area contributed by atoms with Crippen LogP contribution in [-0.2, 0) is 4.79 Å². The molecule has 2 unspecified atom stereocenters. The molecule has 4 heteroatoms. The minimum atomic E-state index is -0.0458. The van der Waals surface area contributed by atoms with E-state index < -0.39 is 0 Å². The van der Waals surface area contributed by atoms with Crippen LogP contribution in [0.3, 0.4) is 0 Å². The molecule has 0 saturated carbocycles. The van der Waals surface area contributed by atoms with Gasteiger partial charge in [-0.1, -0.05) is 0 Å². The number of hydrogen-bond acceptors (Lipinski definition) is 3. The maximum absolute atomic E-state index is 11.7. The van der Waals surface area contributed by atoms with Crippen molar-refractivity contribution in [1.82, 2.24) is 4.90 Å². The number of aryl methyl sites for hydroxylation is 1. The molecule has 2 N–H and O–H groups in total. The summed E-state index contributed by atoms with van der Waals surface area (Å²) >= 11 is 1.74. The molecule has 1 aliphatic rings. The van der Waals surface area contributed by atoms with Crippen LogP contribution in [0, 0.1) is 6.92 Å². The van der Waals surface area contributed by atoms with Gasteiger partial charge in [0, 0.05) is 28.8 Å². The lowest BCUT2D eigenvalue weighted by atomic mass is 10.1. The maximum atomic E-state index is 11.7. The van der Waals surface area contributed by atoms with Crippen molar-refractivity contribution in [1.29, 1.82) is 0 Å². The number of nitrogens with zero attached hydrogens (tertiary/aromatic N) is 1. The first-order chi connectivity index (χ1) is 7.13. The van der Waals surface area contributed by atoms with E-state index in [0.29, 0.717) is 6.42 Å². The maximum Gasteiger partial charge on any atom is 0.224 e. The van der Waals surface area contributed by atoms with Gasteiger partial charge in [-0.05, 0) is 26.0 Å². The molecule has 2 rings (SSSR count). The fraction of sp³-hybridized carbons (Fsp3) is 0.545. The molecule has 0 radical (unpaired) electrons. The number of hydrogen-bond donors (Lipinski definition) is 1. The number of likely N-dealkylation sites (N-methyl/N-ethyl adjacent to an activating group) is 1. The van der Waals surface area contributed by atoms with Crippen LogP contribution < -0.4 is 5.73 Å². The highest BCUT2D eigenvalue weighted by Gasteiger charge is 2.38. The fourth-order valence-electron chi connectivity index (χ4n) is 2.17. The van der Waals surface area contributed by atoms with Gasteiger partial charge in [0.1, 0.15) is 0 Å².